The predicted octanol–water partition coefficient (Wildman–Crippen LogP) is 1.81. The summed E-state index contributed by atoms with van der Waals surface area (Å²) in [5.41, 5.74) is 1.12. The fourth-order valence-electron chi connectivity index (χ4n) is 1.29. The largest absolute Gasteiger partial charge is 0.376 e. The zero-order valence-electron chi connectivity index (χ0n) is 7.81. The number of fused-ring (bicyclic) bond motifs is 1. The van der Waals surface area contributed by atoms with E-state index in [1.807, 2.05) is 18.4 Å². The summed E-state index contributed by atoms with van der Waals surface area (Å²) in [5.74, 6) is 0. The number of thiazole rings is 1. The van der Waals surface area contributed by atoms with Crippen LogP contribution in [0.5, 0.6) is 0 Å². The summed E-state index contributed by atoms with van der Waals surface area (Å²) >= 11 is 1.63. The molecular weight excluding hydrogens is 186 g/mol. The molecule has 0 aliphatic carbocycles. The summed E-state index contributed by atoms with van der Waals surface area (Å²) in [7, 11) is 1.71. The second-order valence-electron chi connectivity index (χ2n) is 2.88. The highest BCUT2D eigenvalue weighted by atomic mass is 32.1. The molecule has 0 bridgehead atoms. The van der Waals surface area contributed by atoms with Crippen LogP contribution in [0.15, 0.2) is 6.33 Å². The summed E-state index contributed by atoms with van der Waals surface area (Å²) in [6.07, 6.45) is 1.69. The third-order valence-corrected chi connectivity index (χ3v) is 3.42. The first-order valence-corrected chi connectivity index (χ1v) is 4.87. The van der Waals surface area contributed by atoms with Gasteiger partial charge in [0.2, 0.25) is 4.96 Å². The second kappa shape index (κ2) is 3.08. The molecule has 2 rings (SSSR count). The first-order chi connectivity index (χ1) is 6.24. The summed E-state index contributed by atoms with van der Waals surface area (Å²) < 4.78 is 7.10. The van der Waals surface area contributed by atoms with Crippen LogP contribution in [0.3, 0.4) is 0 Å². The van der Waals surface area contributed by atoms with Gasteiger partial charge >= 0.3 is 0 Å². The molecule has 5 heteroatoms. The fourth-order valence-corrected chi connectivity index (χ4v) is 2.35. The van der Waals surface area contributed by atoms with Gasteiger partial charge in [0.05, 0.1) is 16.7 Å². The highest BCUT2D eigenvalue weighted by Crippen LogP contribution is 2.28. The molecule has 2 heterocycles. The van der Waals surface area contributed by atoms with Gasteiger partial charge in [-0.3, -0.25) is 0 Å². The van der Waals surface area contributed by atoms with E-state index in [9.17, 15) is 0 Å². The molecule has 0 saturated carbocycles. The van der Waals surface area contributed by atoms with Crippen LogP contribution in [0.1, 0.15) is 23.6 Å². The van der Waals surface area contributed by atoms with E-state index < -0.39 is 0 Å². The Bertz CT molecular complexity index is 420. The van der Waals surface area contributed by atoms with Gasteiger partial charge in [-0.1, -0.05) is 11.3 Å². The molecule has 1 atom stereocenters. The van der Waals surface area contributed by atoms with Crippen LogP contribution in [-0.4, -0.2) is 21.7 Å². The van der Waals surface area contributed by atoms with E-state index in [2.05, 4.69) is 10.1 Å². The first-order valence-electron chi connectivity index (χ1n) is 4.06. The van der Waals surface area contributed by atoms with E-state index in [-0.39, 0.29) is 6.10 Å². The van der Waals surface area contributed by atoms with Gasteiger partial charge in [0.1, 0.15) is 6.33 Å². The van der Waals surface area contributed by atoms with Gasteiger partial charge in [-0.25, -0.2) is 9.50 Å². The summed E-state index contributed by atoms with van der Waals surface area (Å²) in [5, 5.41) is 4.12. The first kappa shape index (κ1) is 8.65. The highest BCUT2D eigenvalue weighted by Gasteiger charge is 2.14. The molecule has 4 nitrogen and oxygen atoms in total. The number of methoxy groups -OCH3 is 1. The average molecular weight is 197 g/mol. The maximum atomic E-state index is 5.26. The molecule has 0 radical (unpaired) electrons. The van der Waals surface area contributed by atoms with Crippen molar-refractivity contribution in [2.75, 3.05) is 7.11 Å². The maximum absolute atomic E-state index is 5.26. The van der Waals surface area contributed by atoms with Gasteiger partial charge in [0.15, 0.2) is 0 Å². The quantitative estimate of drug-likeness (QED) is 0.737. The molecule has 0 aliphatic heterocycles. The van der Waals surface area contributed by atoms with Crippen LogP contribution in [-0.2, 0) is 4.74 Å². The molecule has 0 amide bonds. The Morgan fingerprint density at radius 3 is 3.00 bits per heavy atom. The van der Waals surface area contributed by atoms with Gasteiger partial charge in [0.25, 0.3) is 0 Å². The topological polar surface area (TPSA) is 39.4 Å². The standard InChI is InChI=1S/C8H11N3OS/c1-5-7(6(2)12-3)13-8-9-4-10-11(5)8/h4,6H,1-3H3/t6-/m0/s1. The van der Waals surface area contributed by atoms with Gasteiger partial charge in [-0.05, 0) is 13.8 Å². The highest BCUT2D eigenvalue weighted by molar-refractivity contribution is 7.17. The lowest BCUT2D eigenvalue weighted by molar-refractivity contribution is 0.121. The van der Waals surface area contributed by atoms with Crippen molar-refractivity contribution in [3.63, 3.8) is 0 Å². The van der Waals surface area contributed by atoms with E-state index in [4.69, 9.17) is 4.74 Å². The van der Waals surface area contributed by atoms with Gasteiger partial charge in [-0.2, -0.15) is 5.10 Å². The Labute approximate surface area is 80.2 Å². The van der Waals surface area contributed by atoms with E-state index in [0.717, 1.165) is 10.7 Å². The number of aryl methyl sites for hydroxylation is 1. The minimum atomic E-state index is 0.119. The lowest BCUT2D eigenvalue weighted by Gasteiger charge is -2.06. The lowest BCUT2D eigenvalue weighted by Crippen LogP contribution is -1.97. The lowest BCUT2D eigenvalue weighted by atomic mass is 10.3. The van der Waals surface area contributed by atoms with E-state index in [1.54, 1.807) is 24.8 Å². The third-order valence-electron chi connectivity index (χ3n) is 2.11. The average Bonchev–Trinajstić information content (AvgIpc) is 2.68. The zero-order chi connectivity index (χ0) is 9.42. The fraction of sp³-hybridized carbons (Fsp3) is 0.500. The van der Waals surface area contributed by atoms with Crippen molar-refractivity contribution in [3.8, 4) is 0 Å². The smallest absolute Gasteiger partial charge is 0.212 e. The van der Waals surface area contributed by atoms with Crippen molar-refractivity contribution < 1.29 is 4.74 Å². The van der Waals surface area contributed by atoms with Crippen LogP contribution < -0.4 is 0 Å². The van der Waals surface area contributed by atoms with Gasteiger partial charge < -0.3 is 4.74 Å². The SMILES string of the molecule is CO[C@@H](C)c1sc2ncnn2c1C. The second-order valence-corrected chi connectivity index (χ2v) is 3.89. The van der Waals surface area contributed by atoms with Crippen LogP contribution in [0.4, 0.5) is 0 Å². The molecule has 70 valence electrons. The molecule has 0 spiro atoms. The van der Waals surface area contributed by atoms with E-state index >= 15 is 0 Å². The molecule has 2 aromatic rings. The Kier molecular flexibility index (Phi) is 2.05. The van der Waals surface area contributed by atoms with Crippen molar-refractivity contribution in [2.24, 2.45) is 0 Å². The Morgan fingerprint density at radius 2 is 2.38 bits per heavy atom. The van der Waals surface area contributed by atoms with Crippen molar-refractivity contribution >= 4 is 16.3 Å². The Morgan fingerprint density at radius 1 is 1.62 bits per heavy atom. The molecule has 0 saturated heterocycles. The molecule has 0 N–H and O–H groups in total. The third kappa shape index (κ3) is 1.24. The number of nitrogens with zero attached hydrogens (tertiary/aromatic N) is 3. The van der Waals surface area contributed by atoms with Crippen LogP contribution in [0.2, 0.25) is 0 Å². The zero-order valence-corrected chi connectivity index (χ0v) is 8.63. The number of ether oxygens (including phenoxy) is 1. The predicted molar refractivity (Wildman–Crippen MR) is 51.0 cm³/mol. The van der Waals surface area contributed by atoms with Gasteiger partial charge in [0, 0.05) is 7.11 Å². The minimum absolute atomic E-state index is 0.119. The summed E-state index contributed by atoms with van der Waals surface area (Å²) in [6, 6.07) is 0. The summed E-state index contributed by atoms with van der Waals surface area (Å²) in [4.78, 5) is 6.25. The van der Waals surface area contributed by atoms with Crippen LogP contribution >= 0.6 is 11.3 Å². The minimum Gasteiger partial charge on any atom is -0.376 e. The van der Waals surface area contributed by atoms with Crippen molar-refractivity contribution in [1.82, 2.24) is 14.6 Å². The van der Waals surface area contributed by atoms with Crippen molar-refractivity contribution in [1.29, 1.82) is 0 Å². The van der Waals surface area contributed by atoms with Crippen LogP contribution in [0.25, 0.3) is 4.96 Å². The molecule has 0 aliphatic rings. The Balaban J connectivity index is 2.57. The molecule has 0 fully saturated rings. The van der Waals surface area contributed by atoms with Crippen LogP contribution in [0, 0.1) is 6.92 Å². The normalized spacial score (nSPS) is 13.8. The molecule has 0 aromatic carbocycles. The summed E-state index contributed by atoms with van der Waals surface area (Å²) in [6.45, 7) is 4.06. The maximum Gasteiger partial charge on any atom is 0.212 e. The van der Waals surface area contributed by atoms with Crippen molar-refractivity contribution in [2.45, 2.75) is 20.0 Å². The number of hydrogen-bond acceptors (Lipinski definition) is 4. The molecule has 13 heavy (non-hydrogen) atoms. The van der Waals surface area contributed by atoms with Gasteiger partial charge in [-0.15, -0.1) is 0 Å². The molecular formula is C8H11N3OS. The number of rotatable bonds is 2. The number of aromatic nitrogens is 3. The Hall–Kier alpha value is -0.940. The molecule has 0 unspecified atom stereocenters. The van der Waals surface area contributed by atoms with E-state index in [1.165, 1.54) is 4.88 Å². The molecule has 2 aromatic heterocycles. The van der Waals surface area contributed by atoms with E-state index in [0.29, 0.717) is 0 Å². The van der Waals surface area contributed by atoms with Crippen molar-refractivity contribution in [3.05, 3.63) is 16.9 Å². The number of hydrogen-bond donors (Lipinski definition) is 0. The monoisotopic (exact) mass is 197 g/mol.